The lowest BCUT2D eigenvalue weighted by Gasteiger charge is -2.30. The van der Waals surface area contributed by atoms with Crippen LogP contribution in [0.5, 0.6) is 0 Å². The van der Waals surface area contributed by atoms with Crippen molar-refractivity contribution >= 4 is 70.1 Å². The predicted octanol–water partition coefficient (Wildman–Crippen LogP) is 13.8. The van der Waals surface area contributed by atoms with Gasteiger partial charge in [0.05, 0.1) is 16.1 Å². The zero-order chi connectivity index (χ0) is 32.7. The van der Waals surface area contributed by atoms with Crippen LogP contribution in [-0.4, -0.2) is 0 Å². The Labute approximate surface area is 290 Å². The number of para-hydroxylation sites is 1. The summed E-state index contributed by atoms with van der Waals surface area (Å²) in [4.78, 5) is 2.51. The molecule has 0 unspecified atom stereocenters. The van der Waals surface area contributed by atoms with Crippen LogP contribution in [0.4, 0.5) is 17.1 Å². The van der Waals surface area contributed by atoms with Gasteiger partial charge in [0, 0.05) is 37.5 Å². The first-order chi connectivity index (χ1) is 24.1. The molecule has 0 aliphatic heterocycles. The molecule has 0 amide bonds. The fraction of sp³-hybridized carbons (Fsp3) is 0.0638. The van der Waals surface area contributed by atoms with E-state index in [0.717, 1.165) is 0 Å². The molecule has 1 aliphatic rings. The minimum absolute atomic E-state index is 0.101. The van der Waals surface area contributed by atoms with E-state index in [-0.39, 0.29) is 5.41 Å². The summed E-state index contributed by atoms with van der Waals surface area (Å²) in [6.07, 6.45) is 0. The second-order valence-electron chi connectivity index (χ2n) is 13.7. The van der Waals surface area contributed by atoms with Crippen LogP contribution in [0.2, 0.25) is 0 Å². The van der Waals surface area contributed by atoms with Crippen LogP contribution in [0.1, 0.15) is 25.0 Å². The van der Waals surface area contributed by atoms with Crippen LogP contribution < -0.4 is 4.90 Å². The molecule has 0 radical (unpaired) electrons. The highest BCUT2D eigenvalue weighted by atomic mass is 32.1. The Hall–Kier alpha value is -5.70. The minimum atomic E-state index is -0.101. The highest BCUT2D eigenvalue weighted by molar-refractivity contribution is 7.27. The molecule has 1 nitrogen and oxygen atoms in total. The van der Waals surface area contributed by atoms with Crippen molar-refractivity contribution in [3.8, 4) is 22.3 Å². The number of hydrogen-bond donors (Lipinski definition) is 0. The predicted molar refractivity (Wildman–Crippen MR) is 212 cm³/mol. The van der Waals surface area contributed by atoms with E-state index in [1.807, 2.05) is 11.3 Å². The van der Waals surface area contributed by atoms with Crippen molar-refractivity contribution in [3.63, 3.8) is 0 Å². The average molecular weight is 644 g/mol. The van der Waals surface area contributed by atoms with Gasteiger partial charge in [-0.1, -0.05) is 153 Å². The van der Waals surface area contributed by atoms with Crippen LogP contribution in [-0.2, 0) is 5.41 Å². The largest absolute Gasteiger partial charge is 0.308 e. The quantitative estimate of drug-likeness (QED) is 0.173. The second kappa shape index (κ2) is 10.7. The third-order valence-electron chi connectivity index (χ3n) is 10.6. The number of fused-ring (bicyclic) bond motifs is 10. The molecule has 0 atom stereocenters. The Morgan fingerprint density at radius 2 is 1.10 bits per heavy atom. The number of rotatable bonds is 4. The van der Waals surface area contributed by atoms with Crippen molar-refractivity contribution in [2.24, 2.45) is 0 Å². The van der Waals surface area contributed by atoms with Gasteiger partial charge in [0.15, 0.2) is 0 Å². The van der Waals surface area contributed by atoms with Crippen molar-refractivity contribution in [2.75, 3.05) is 4.90 Å². The maximum atomic E-state index is 2.51. The van der Waals surface area contributed by atoms with Gasteiger partial charge in [0.2, 0.25) is 0 Å². The normalized spacial score (nSPS) is 13.3. The third kappa shape index (κ3) is 4.17. The van der Waals surface area contributed by atoms with Crippen LogP contribution in [0.15, 0.2) is 164 Å². The van der Waals surface area contributed by atoms with E-state index in [1.165, 1.54) is 92.2 Å². The van der Waals surface area contributed by atoms with Crippen molar-refractivity contribution in [2.45, 2.75) is 19.3 Å². The van der Waals surface area contributed by atoms with Gasteiger partial charge in [0.25, 0.3) is 0 Å². The molecule has 0 saturated heterocycles. The lowest BCUT2D eigenvalue weighted by atomic mass is 9.82. The van der Waals surface area contributed by atoms with E-state index in [4.69, 9.17) is 0 Å². The maximum absolute atomic E-state index is 2.51. The summed E-state index contributed by atoms with van der Waals surface area (Å²) < 4.78 is 2.64. The smallest absolute Gasteiger partial charge is 0.0640 e. The van der Waals surface area contributed by atoms with Gasteiger partial charge in [-0.2, -0.15) is 0 Å². The van der Waals surface area contributed by atoms with E-state index in [9.17, 15) is 0 Å². The van der Waals surface area contributed by atoms with Crippen LogP contribution >= 0.6 is 11.3 Å². The first-order valence-corrected chi connectivity index (χ1v) is 17.8. The van der Waals surface area contributed by atoms with Gasteiger partial charge in [-0.3, -0.25) is 0 Å². The molecular formula is C47H33NS. The van der Waals surface area contributed by atoms with Crippen molar-refractivity contribution in [1.82, 2.24) is 0 Å². The minimum Gasteiger partial charge on any atom is -0.308 e. The number of nitrogens with zero attached hydrogens (tertiary/aromatic N) is 1. The van der Waals surface area contributed by atoms with Gasteiger partial charge >= 0.3 is 0 Å². The molecule has 10 rings (SSSR count). The number of hydrogen-bond acceptors (Lipinski definition) is 2. The summed E-state index contributed by atoms with van der Waals surface area (Å²) in [6, 6.07) is 60.5. The van der Waals surface area contributed by atoms with E-state index < -0.39 is 0 Å². The van der Waals surface area contributed by atoms with Crippen LogP contribution in [0, 0.1) is 0 Å². The standard InChI is InChI=1S/C47H33NS/c1-47(2)40-20-10-8-18-36(40)37-28-26-33(29-41(37)47)48(42-21-11-9-16-34(42)30-13-4-3-5-14-30)43-22-12-19-38-39-27-25-32-24-23-31-15-6-7-17-35(31)44(32)46(39)49-45(38)43/h3-29H,1-2H3. The summed E-state index contributed by atoms with van der Waals surface area (Å²) in [5.41, 5.74) is 11.3. The Morgan fingerprint density at radius 3 is 2.00 bits per heavy atom. The summed E-state index contributed by atoms with van der Waals surface area (Å²) in [7, 11) is 0. The van der Waals surface area contributed by atoms with Gasteiger partial charge in [0.1, 0.15) is 0 Å². The molecule has 0 saturated carbocycles. The summed E-state index contributed by atoms with van der Waals surface area (Å²) in [5, 5.41) is 7.82. The SMILES string of the molecule is CC1(C)c2ccccc2-c2ccc(N(c3ccccc3-c3ccccc3)c3cccc4c3sc3c4ccc4ccc5ccccc5c43)cc21. The molecule has 2 heteroatoms. The topological polar surface area (TPSA) is 3.24 Å². The average Bonchev–Trinajstić information content (AvgIpc) is 3.65. The van der Waals surface area contributed by atoms with E-state index in [2.05, 4.69) is 183 Å². The van der Waals surface area contributed by atoms with Gasteiger partial charge in [-0.15, -0.1) is 11.3 Å². The fourth-order valence-electron chi connectivity index (χ4n) is 8.27. The van der Waals surface area contributed by atoms with Crippen molar-refractivity contribution in [1.29, 1.82) is 0 Å². The molecule has 0 N–H and O–H groups in total. The van der Waals surface area contributed by atoms with Gasteiger partial charge in [-0.25, -0.2) is 0 Å². The number of thiophene rings is 1. The second-order valence-corrected chi connectivity index (χ2v) is 14.7. The molecule has 1 heterocycles. The Bertz CT molecular complexity index is 2750. The Morgan fingerprint density at radius 1 is 0.449 bits per heavy atom. The zero-order valence-electron chi connectivity index (χ0n) is 27.4. The lowest BCUT2D eigenvalue weighted by molar-refractivity contribution is 0.660. The lowest BCUT2D eigenvalue weighted by Crippen LogP contribution is -2.17. The highest BCUT2D eigenvalue weighted by Gasteiger charge is 2.36. The molecule has 49 heavy (non-hydrogen) atoms. The zero-order valence-corrected chi connectivity index (χ0v) is 28.3. The third-order valence-corrected chi connectivity index (χ3v) is 11.9. The molecule has 1 aliphatic carbocycles. The maximum Gasteiger partial charge on any atom is 0.0640 e. The van der Waals surface area contributed by atoms with Crippen molar-refractivity contribution < 1.29 is 0 Å². The highest BCUT2D eigenvalue weighted by Crippen LogP contribution is 2.53. The molecular weight excluding hydrogens is 611 g/mol. The first-order valence-electron chi connectivity index (χ1n) is 17.0. The monoisotopic (exact) mass is 643 g/mol. The summed E-state index contributed by atoms with van der Waals surface area (Å²) >= 11 is 1.93. The Balaban J connectivity index is 1.28. The van der Waals surface area contributed by atoms with Crippen molar-refractivity contribution in [3.05, 3.63) is 175 Å². The molecule has 0 spiro atoms. The molecule has 1 aromatic heterocycles. The van der Waals surface area contributed by atoms with E-state index in [0.29, 0.717) is 0 Å². The number of anilines is 3. The first kappa shape index (κ1) is 28.3. The Kier molecular flexibility index (Phi) is 6.16. The van der Waals surface area contributed by atoms with Crippen LogP contribution in [0.3, 0.4) is 0 Å². The van der Waals surface area contributed by atoms with Gasteiger partial charge < -0.3 is 4.90 Å². The van der Waals surface area contributed by atoms with Gasteiger partial charge in [-0.05, 0) is 68.2 Å². The molecule has 9 aromatic rings. The van der Waals surface area contributed by atoms with Crippen LogP contribution in [0.25, 0.3) is 64.0 Å². The fourth-order valence-corrected chi connectivity index (χ4v) is 9.65. The summed E-state index contributed by atoms with van der Waals surface area (Å²) in [6.45, 7) is 4.73. The molecule has 232 valence electrons. The molecule has 8 aromatic carbocycles. The number of benzene rings is 8. The van der Waals surface area contributed by atoms with E-state index >= 15 is 0 Å². The molecule has 0 fully saturated rings. The molecule has 0 bridgehead atoms. The summed E-state index contributed by atoms with van der Waals surface area (Å²) in [5.74, 6) is 0. The van der Waals surface area contributed by atoms with E-state index in [1.54, 1.807) is 0 Å².